The van der Waals surface area contributed by atoms with Crippen LogP contribution in [0.2, 0.25) is 0 Å². The molecule has 6 nitrogen and oxygen atoms in total. The zero-order chi connectivity index (χ0) is 15.1. The van der Waals surface area contributed by atoms with Crippen LogP contribution in [-0.2, 0) is 17.8 Å². The van der Waals surface area contributed by atoms with Gasteiger partial charge in [-0.25, -0.2) is 0 Å². The molecule has 0 unspecified atom stereocenters. The van der Waals surface area contributed by atoms with Gasteiger partial charge in [0.2, 0.25) is 11.8 Å². The summed E-state index contributed by atoms with van der Waals surface area (Å²) >= 11 is 0. The summed E-state index contributed by atoms with van der Waals surface area (Å²) in [5, 5.41) is 9.88. The second-order valence-electron chi connectivity index (χ2n) is 4.72. The van der Waals surface area contributed by atoms with E-state index in [4.69, 9.17) is 4.52 Å². The first-order valence-electron chi connectivity index (χ1n) is 7.06. The van der Waals surface area contributed by atoms with Crippen molar-refractivity contribution >= 4 is 11.6 Å². The van der Waals surface area contributed by atoms with Crippen LogP contribution >= 0.6 is 0 Å². The van der Waals surface area contributed by atoms with Crippen molar-refractivity contribution in [3.63, 3.8) is 0 Å². The maximum absolute atomic E-state index is 12.0. The van der Waals surface area contributed by atoms with E-state index in [1.54, 1.807) is 6.92 Å². The van der Waals surface area contributed by atoms with E-state index in [9.17, 15) is 4.79 Å². The molecule has 2 N–H and O–H groups in total. The van der Waals surface area contributed by atoms with Crippen molar-refractivity contribution in [2.45, 2.75) is 33.2 Å². The van der Waals surface area contributed by atoms with Crippen molar-refractivity contribution in [2.24, 2.45) is 0 Å². The van der Waals surface area contributed by atoms with Crippen LogP contribution in [0.4, 0.5) is 5.69 Å². The largest absolute Gasteiger partial charge is 0.339 e. The number of carbonyl (C=O) groups excluding carboxylic acids is 1. The molecule has 1 amide bonds. The molecular weight excluding hydrogens is 268 g/mol. The first-order chi connectivity index (χ1) is 10.2. The van der Waals surface area contributed by atoms with E-state index in [0.717, 1.165) is 24.3 Å². The van der Waals surface area contributed by atoms with E-state index >= 15 is 0 Å². The Morgan fingerprint density at radius 1 is 1.33 bits per heavy atom. The zero-order valence-corrected chi connectivity index (χ0v) is 12.3. The summed E-state index contributed by atoms with van der Waals surface area (Å²) < 4.78 is 4.99. The smallest absolute Gasteiger partial charge is 0.227 e. The summed E-state index contributed by atoms with van der Waals surface area (Å²) in [7, 11) is 0. The van der Waals surface area contributed by atoms with E-state index in [2.05, 4.69) is 20.8 Å². The van der Waals surface area contributed by atoms with E-state index in [1.807, 2.05) is 31.2 Å². The minimum absolute atomic E-state index is 0.0604. The van der Waals surface area contributed by atoms with Gasteiger partial charge in [0.25, 0.3) is 0 Å². The number of aromatic nitrogens is 2. The van der Waals surface area contributed by atoms with E-state index < -0.39 is 0 Å². The van der Waals surface area contributed by atoms with Gasteiger partial charge in [0, 0.05) is 25.1 Å². The van der Waals surface area contributed by atoms with Gasteiger partial charge in [0.1, 0.15) is 0 Å². The van der Waals surface area contributed by atoms with Crippen LogP contribution in [0.3, 0.4) is 0 Å². The lowest BCUT2D eigenvalue weighted by Gasteiger charge is -2.11. The molecule has 1 aromatic heterocycles. The summed E-state index contributed by atoms with van der Waals surface area (Å²) in [6.07, 6.45) is 0.763. The third-order valence-corrected chi connectivity index (χ3v) is 2.99. The van der Waals surface area contributed by atoms with Gasteiger partial charge in [-0.3, -0.25) is 4.79 Å². The number of carbonyl (C=O) groups is 1. The van der Waals surface area contributed by atoms with E-state index in [-0.39, 0.29) is 5.91 Å². The molecule has 0 spiro atoms. The standard InChI is InChI=1S/C15H20N4O2/c1-3-16-10-12-6-4-5-7-13(12)18-14(20)8-9-15-17-11(2)19-21-15/h4-7,16H,3,8-10H2,1-2H3,(H,18,20). The van der Waals surface area contributed by atoms with Crippen LogP contribution in [0.25, 0.3) is 0 Å². The number of rotatable bonds is 7. The molecule has 0 bridgehead atoms. The molecule has 2 aromatic rings. The molecule has 0 saturated carbocycles. The number of para-hydroxylation sites is 1. The minimum Gasteiger partial charge on any atom is -0.339 e. The van der Waals surface area contributed by atoms with Gasteiger partial charge in [-0.15, -0.1) is 0 Å². The number of nitrogens with zero attached hydrogens (tertiary/aromatic N) is 2. The average molecular weight is 288 g/mol. The Labute approximate surface area is 123 Å². The Balaban J connectivity index is 1.90. The van der Waals surface area contributed by atoms with E-state index in [0.29, 0.717) is 24.6 Å². The van der Waals surface area contributed by atoms with Gasteiger partial charge in [-0.05, 0) is 25.1 Å². The summed E-state index contributed by atoms with van der Waals surface area (Å²) in [6.45, 7) is 5.42. The Hall–Kier alpha value is -2.21. The normalized spacial score (nSPS) is 10.6. The molecule has 112 valence electrons. The molecule has 0 radical (unpaired) electrons. The molecule has 6 heteroatoms. The fraction of sp³-hybridized carbons (Fsp3) is 0.400. The van der Waals surface area contributed by atoms with Crippen LogP contribution in [0.5, 0.6) is 0 Å². The van der Waals surface area contributed by atoms with Crippen molar-refractivity contribution in [2.75, 3.05) is 11.9 Å². The average Bonchev–Trinajstić information content (AvgIpc) is 2.90. The molecule has 2 rings (SSSR count). The minimum atomic E-state index is -0.0604. The molecule has 0 aliphatic heterocycles. The van der Waals surface area contributed by atoms with Gasteiger partial charge >= 0.3 is 0 Å². The van der Waals surface area contributed by atoms with Crippen molar-refractivity contribution in [1.82, 2.24) is 15.5 Å². The maximum atomic E-state index is 12.0. The molecule has 21 heavy (non-hydrogen) atoms. The second kappa shape index (κ2) is 7.54. The van der Waals surface area contributed by atoms with Crippen molar-refractivity contribution in [1.29, 1.82) is 0 Å². The van der Waals surface area contributed by atoms with Crippen molar-refractivity contribution < 1.29 is 9.32 Å². The zero-order valence-electron chi connectivity index (χ0n) is 12.3. The Kier molecular flexibility index (Phi) is 5.45. The predicted octanol–water partition coefficient (Wildman–Crippen LogP) is 2.06. The SMILES string of the molecule is CCNCc1ccccc1NC(=O)CCc1nc(C)no1. The van der Waals surface area contributed by atoms with Gasteiger partial charge in [0.05, 0.1) is 0 Å². The van der Waals surface area contributed by atoms with Crippen molar-refractivity contribution in [3.8, 4) is 0 Å². The third kappa shape index (κ3) is 4.68. The molecule has 0 aliphatic rings. The second-order valence-corrected chi connectivity index (χ2v) is 4.72. The quantitative estimate of drug-likeness (QED) is 0.815. The molecular formula is C15H20N4O2. The highest BCUT2D eigenvalue weighted by Crippen LogP contribution is 2.15. The number of hydrogen-bond acceptors (Lipinski definition) is 5. The fourth-order valence-corrected chi connectivity index (χ4v) is 1.93. The number of nitrogens with one attached hydrogen (secondary N) is 2. The first-order valence-corrected chi connectivity index (χ1v) is 7.06. The monoisotopic (exact) mass is 288 g/mol. The van der Waals surface area contributed by atoms with Gasteiger partial charge < -0.3 is 15.2 Å². The van der Waals surface area contributed by atoms with Crippen molar-refractivity contribution in [3.05, 3.63) is 41.5 Å². The maximum Gasteiger partial charge on any atom is 0.227 e. The van der Waals surface area contributed by atoms with Crippen LogP contribution in [-0.4, -0.2) is 22.6 Å². The Bertz CT molecular complexity index is 595. The molecule has 1 aromatic carbocycles. The highest BCUT2D eigenvalue weighted by Gasteiger charge is 2.09. The number of amides is 1. The highest BCUT2D eigenvalue weighted by atomic mass is 16.5. The Morgan fingerprint density at radius 2 is 2.14 bits per heavy atom. The highest BCUT2D eigenvalue weighted by molar-refractivity contribution is 5.91. The van der Waals surface area contributed by atoms with Crippen LogP contribution in [0, 0.1) is 6.92 Å². The van der Waals surface area contributed by atoms with E-state index in [1.165, 1.54) is 0 Å². The van der Waals surface area contributed by atoms with Crippen LogP contribution in [0.15, 0.2) is 28.8 Å². The predicted molar refractivity (Wildman–Crippen MR) is 79.8 cm³/mol. The molecule has 0 atom stereocenters. The lowest BCUT2D eigenvalue weighted by atomic mass is 10.1. The van der Waals surface area contributed by atoms with Gasteiger partial charge in [0.15, 0.2) is 5.82 Å². The molecule has 0 saturated heterocycles. The van der Waals surface area contributed by atoms with Crippen LogP contribution in [0.1, 0.15) is 30.6 Å². The molecule has 0 fully saturated rings. The summed E-state index contributed by atoms with van der Waals surface area (Å²) in [6, 6.07) is 7.77. The first kappa shape index (κ1) is 15.2. The van der Waals surface area contributed by atoms with Gasteiger partial charge in [-0.1, -0.05) is 30.3 Å². The van der Waals surface area contributed by atoms with Gasteiger partial charge in [-0.2, -0.15) is 4.98 Å². The molecule has 1 heterocycles. The lowest BCUT2D eigenvalue weighted by molar-refractivity contribution is -0.116. The lowest BCUT2D eigenvalue weighted by Crippen LogP contribution is -2.17. The number of anilines is 1. The third-order valence-electron chi connectivity index (χ3n) is 2.99. The summed E-state index contributed by atoms with van der Waals surface area (Å²) in [5.74, 6) is 1.01. The summed E-state index contributed by atoms with van der Waals surface area (Å²) in [4.78, 5) is 16.1. The molecule has 0 aliphatic carbocycles. The Morgan fingerprint density at radius 3 is 2.86 bits per heavy atom. The summed E-state index contributed by atoms with van der Waals surface area (Å²) in [5.41, 5.74) is 1.91. The number of aryl methyl sites for hydroxylation is 2. The number of benzene rings is 1. The van der Waals surface area contributed by atoms with Crippen LogP contribution < -0.4 is 10.6 Å². The topological polar surface area (TPSA) is 80.0 Å². The fourth-order valence-electron chi connectivity index (χ4n) is 1.93. The number of hydrogen-bond donors (Lipinski definition) is 2.